The average Bonchev–Trinajstić information content (AvgIpc) is 2.77. The lowest BCUT2D eigenvalue weighted by Gasteiger charge is -2.25. The molecule has 0 spiro atoms. The Bertz CT molecular complexity index is 1120. The van der Waals surface area contributed by atoms with Crippen LogP contribution in [0.5, 0.6) is 17.2 Å². The van der Waals surface area contributed by atoms with Crippen LogP contribution in [0.2, 0.25) is 0 Å². The van der Waals surface area contributed by atoms with Crippen molar-refractivity contribution in [3.63, 3.8) is 0 Å². The molecule has 0 N–H and O–H groups in total. The van der Waals surface area contributed by atoms with Gasteiger partial charge in [-0.2, -0.15) is 0 Å². The molecule has 158 valence electrons. The second-order valence-electron chi connectivity index (χ2n) is 6.36. The standard InChI is InChI=1S/C22H22FNO5S/c1-27-19-6-4-5-16(13-19)15-24(18-9-12-21(28-2)22(14-18)29-3)30(25,26)20-10-7-17(23)8-11-20/h4-14H,15H2,1-3H3. The fraction of sp³-hybridized carbons (Fsp3) is 0.182. The van der Waals surface area contributed by atoms with Gasteiger partial charge in [0.25, 0.3) is 10.0 Å². The van der Waals surface area contributed by atoms with E-state index in [1.807, 2.05) is 0 Å². The van der Waals surface area contributed by atoms with E-state index >= 15 is 0 Å². The molecule has 0 atom stereocenters. The van der Waals surface area contributed by atoms with Crippen molar-refractivity contribution in [2.45, 2.75) is 11.4 Å². The first-order valence-corrected chi connectivity index (χ1v) is 10.5. The number of ether oxygens (including phenoxy) is 3. The van der Waals surface area contributed by atoms with Crippen LogP contribution in [0.4, 0.5) is 10.1 Å². The lowest BCUT2D eigenvalue weighted by molar-refractivity contribution is 0.355. The van der Waals surface area contributed by atoms with Crippen LogP contribution >= 0.6 is 0 Å². The minimum atomic E-state index is -4.00. The van der Waals surface area contributed by atoms with Crippen molar-refractivity contribution in [3.05, 3.63) is 78.1 Å². The van der Waals surface area contributed by atoms with Gasteiger partial charge in [-0.1, -0.05) is 12.1 Å². The summed E-state index contributed by atoms with van der Waals surface area (Å²) in [5.41, 5.74) is 1.09. The summed E-state index contributed by atoms with van der Waals surface area (Å²) in [6.45, 7) is 0.0341. The third-order valence-corrected chi connectivity index (χ3v) is 6.31. The van der Waals surface area contributed by atoms with Crippen molar-refractivity contribution in [1.82, 2.24) is 0 Å². The van der Waals surface area contributed by atoms with Gasteiger partial charge >= 0.3 is 0 Å². The molecular formula is C22H22FNO5S. The zero-order valence-corrected chi connectivity index (χ0v) is 17.6. The molecule has 6 nitrogen and oxygen atoms in total. The van der Waals surface area contributed by atoms with Crippen LogP contribution in [0, 0.1) is 5.82 Å². The minimum absolute atomic E-state index is 0.0263. The highest BCUT2D eigenvalue weighted by Gasteiger charge is 2.26. The largest absolute Gasteiger partial charge is 0.497 e. The fourth-order valence-electron chi connectivity index (χ4n) is 2.97. The van der Waals surface area contributed by atoms with Crippen LogP contribution < -0.4 is 18.5 Å². The van der Waals surface area contributed by atoms with Crippen LogP contribution in [0.1, 0.15) is 5.56 Å². The maximum atomic E-state index is 13.5. The first kappa shape index (κ1) is 21.4. The van der Waals surface area contributed by atoms with E-state index in [0.717, 1.165) is 17.7 Å². The van der Waals surface area contributed by atoms with E-state index in [1.165, 1.54) is 30.7 Å². The molecule has 0 aromatic heterocycles. The molecule has 0 unspecified atom stereocenters. The molecule has 0 fully saturated rings. The van der Waals surface area contributed by atoms with E-state index in [2.05, 4.69) is 0 Å². The molecule has 0 heterocycles. The second kappa shape index (κ2) is 9.04. The van der Waals surface area contributed by atoms with Gasteiger partial charge in [0.15, 0.2) is 11.5 Å². The lowest BCUT2D eigenvalue weighted by atomic mass is 10.2. The Balaban J connectivity index is 2.11. The molecule has 0 saturated heterocycles. The Labute approximate surface area is 175 Å². The molecule has 3 aromatic carbocycles. The molecule has 0 aliphatic carbocycles. The van der Waals surface area contributed by atoms with Crippen molar-refractivity contribution < 1.29 is 27.0 Å². The number of hydrogen-bond donors (Lipinski definition) is 0. The summed E-state index contributed by atoms with van der Waals surface area (Å²) < 4.78 is 57.3. The molecule has 0 aliphatic rings. The highest BCUT2D eigenvalue weighted by Crippen LogP contribution is 2.35. The van der Waals surface area contributed by atoms with E-state index in [4.69, 9.17) is 14.2 Å². The number of halogens is 1. The van der Waals surface area contributed by atoms with Crippen molar-refractivity contribution in [2.75, 3.05) is 25.6 Å². The first-order valence-electron chi connectivity index (χ1n) is 9.02. The molecular weight excluding hydrogens is 409 g/mol. The first-order chi connectivity index (χ1) is 14.4. The lowest BCUT2D eigenvalue weighted by Crippen LogP contribution is -2.30. The monoisotopic (exact) mass is 431 g/mol. The third kappa shape index (κ3) is 4.49. The summed E-state index contributed by atoms with van der Waals surface area (Å²) in [4.78, 5) is -0.0263. The number of methoxy groups -OCH3 is 3. The van der Waals surface area contributed by atoms with Crippen LogP contribution in [0.15, 0.2) is 71.6 Å². The number of sulfonamides is 1. The van der Waals surface area contributed by atoms with Gasteiger partial charge in [-0.3, -0.25) is 4.31 Å². The van der Waals surface area contributed by atoms with Crippen molar-refractivity contribution in [1.29, 1.82) is 0 Å². The van der Waals surface area contributed by atoms with Gasteiger partial charge < -0.3 is 14.2 Å². The highest BCUT2D eigenvalue weighted by atomic mass is 32.2. The topological polar surface area (TPSA) is 65.1 Å². The van der Waals surface area contributed by atoms with Crippen LogP contribution in [-0.4, -0.2) is 29.7 Å². The van der Waals surface area contributed by atoms with Crippen molar-refractivity contribution in [3.8, 4) is 17.2 Å². The maximum Gasteiger partial charge on any atom is 0.264 e. The maximum absolute atomic E-state index is 13.5. The van der Waals surface area contributed by atoms with Gasteiger partial charge in [0.2, 0.25) is 0 Å². The zero-order chi connectivity index (χ0) is 21.7. The van der Waals surface area contributed by atoms with Crippen molar-refractivity contribution >= 4 is 15.7 Å². The molecule has 0 aliphatic heterocycles. The molecule has 0 bridgehead atoms. The van der Waals surface area contributed by atoms with E-state index in [-0.39, 0.29) is 11.4 Å². The Morgan fingerprint density at radius 1 is 0.833 bits per heavy atom. The molecule has 0 radical (unpaired) electrons. The van der Waals surface area contributed by atoms with Crippen LogP contribution in [-0.2, 0) is 16.6 Å². The fourth-order valence-corrected chi connectivity index (χ4v) is 4.41. The number of benzene rings is 3. The summed E-state index contributed by atoms with van der Waals surface area (Å²) in [6, 6.07) is 16.7. The van der Waals surface area contributed by atoms with Crippen molar-refractivity contribution in [2.24, 2.45) is 0 Å². The molecule has 3 aromatic rings. The zero-order valence-electron chi connectivity index (χ0n) is 16.8. The van der Waals surface area contributed by atoms with Gasteiger partial charge in [0, 0.05) is 6.07 Å². The Morgan fingerprint density at radius 2 is 1.53 bits per heavy atom. The van der Waals surface area contributed by atoms with Gasteiger partial charge in [0.1, 0.15) is 11.6 Å². The quantitative estimate of drug-likeness (QED) is 0.534. The minimum Gasteiger partial charge on any atom is -0.497 e. The van der Waals surface area contributed by atoms with Gasteiger partial charge in [0.05, 0.1) is 38.5 Å². The van der Waals surface area contributed by atoms with E-state index in [0.29, 0.717) is 22.9 Å². The Kier molecular flexibility index (Phi) is 6.47. The van der Waals surface area contributed by atoms with Gasteiger partial charge in [-0.15, -0.1) is 0 Å². The summed E-state index contributed by atoms with van der Waals surface area (Å²) in [5, 5.41) is 0. The number of rotatable bonds is 8. The molecule has 30 heavy (non-hydrogen) atoms. The normalized spacial score (nSPS) is 11.1. The van der Waals surface area contributed by atoms with Gasteiger partial charge in [-0.05, 0) is 54.1 Å². The van der Waals surface area contributed by atoms with Crippen LogP contribution in [0.3, 0.4) is 0 Å². The Morgan fingerprint density at radius 3 is 2.17 bits per heavy atom. The van der Waals surface area contributed by atoms with E-state index < -0.39 is 15.8 Å². The number of hydrogen-bond acceptors (Lipinski definition) is 5. The van der Waals surface area contributed by atoms with Gasteiger partial charge in [-0.25, -0.2) is 12.8 Å². The summed E-state index contributed by atoms with van der Waals surface area (Å²) in [5.74, 6) is 0.958. The molecule has 8 heteroatoms. The number of anilines is 1. The molecule has 0 saturated carbocycles. The van der Waals surface area contributed by atoms with E-state index in [9.17, 15) is 12.8 Å². The van der Waals surface area contributed by atoms with Crippen LogP contribution in [0.25, 0.3) is 0 Å². The summed E-state index contributed by atoms with van der Waals surface area (Å²) in [7, 11) is 0.514. The Hall–Kier alpha value is -3.26. The smallest absolute Gasteiger partial charge is 0.264 e. The molecule has 3 rings (SSSR count). The highest BCUT2D eigenvalue weighted by molar-refractivity contribution is 7.92. The summed E-state index contributed by atoms with van der Waals surface area (Å²) in [6.07, 6.45) is 0. The average molecular weight is 431 g/mol. The third-order valence-electron chi connectivity index (χ3n) is 4.52. The van der Waals surface area contributed by atoms with E-state index in [1.54, 1.807) is 49.6 Å². The SMILES string of the molecule is COc1cccc(CN(c2ccc(OC)c(OC)c2)S(=O)(=O)c2ccc(F)cc2)c1. The number of nitrogens with zero attached hydrogens (tertiary/aromatic N) is 1. The summed E-state index contributed by atoms with van der Waals surface area (Å²) >= 11 is 0. The predicted octanol–water partition coefficient (Wildman–Crippen LogP) is 4.25. The second-order valence-corrected chi connectivity index (χ2v) is 8.22. The predicted molar refractivity (Wildman–Crippen MR) is 112 cm³/mol. The molecule has 0 amide bonds.